The first-order valence-corrected chi connectivity index (χ1v) is 8.55. The molecule has 0 unspecified atom stereocenters. The molecular weight excluding hydrogens is 294 g/mol. The lowest BCUT2D eigenvalue weighted by Gasteiger charge is -2.29. The van der Waals surface area contributed by atoms with E-state index < -0.39 is 0 Å². The Morgan fingerprint density at radius 2 is 2.18 bits per heavy atom. The molecule has 116 valence electrons. The average Bonchev–Trinajstić information content (AvgIpc) is 3.08. The van der Waals surface area contributed by atoms with E-state index in [1.807, 2.05) is 36.2 Å². The third-order valence-electron chi connectivity index (χ3n) is 4.43. The lowest BCUT2D eigenvalue weighted by molar-refractivity contribution is -0.132. The van der Waals surface area contributed by atoms with E-state index in [-0.39, 0.29) is 17.9 Å². The van der Waals surface area contributed by atoms with Crippen LogP contribution in [0, 0.1) is 0 Å². The molecule has 0 bridgehead atoms. The molecular formula is C18H21NO2S. The van der Waals surface area contributed by atoms with E-state index in [4.69, 9.17) is 4.74 Å². The van der Waals surface area contributed by atoms with Gasteiger partial charge in [-0.15, -0.1) is 11.3 Å². The lowest BCUT2D eigenvalue weighted by Crippen LogP contribution is -2.31. The highest BCUT2D eigenvalue weighted by Gasteiger charge is 2.26. The predicted octanol–water partition coefficient (Wildman–Crippen LogP) is 4.22. The number of carbonyl (C=O) groups excluding carboxylic acids is 1. The second-order valence-electron chi connectivity index (χ2n) is 5.77. The number of carbonyl (C=O) groups is 1. The first-order valence-electron chi connectivity index (χ1n) is 7.67. The smallest absolute Gasteiger partial charge is 0.223 e. The van der Waals surface area contributed by atoms with Gasteiger partial charge in [0.05, 0.1) is 12.6 Å². The van der Waals surface area contributed by atoms with Crippen molar-refractivity contribution in [3.05, 3.63) is 52.2 Å². The molecule has 1 aliphatic heterocycles. The molecule has 0 saturated carbocycles. The van der Waals surface area contributed by atoms with Crippen molar-refractivity contribution in [1.29, 1.82) is 0 Å². The summed E-state index contributed by atoms with van der Waals surface area (Å²) in [4.78, 5) is 15.7. The summed E-state index contributed by atoms with van der Waals surface area (Å²) >= 11 is 1.70. The van der Waals surface area contributed by atoms with Crippen LogP contribution in [0.2, 0.25) is 0 Å². The Hall–Kier alpha value is -1.81. The van der Waals surface area contributed by atoms with E-state index in [1.165, 1.54) is 10.4 Å². The Balaban J connectivity index is 1.70. The van der Waals surface area contributed by atoms with Crippen LogP contribution in [0.1, 0.15) is 42.2 Å². The van der Waals surface area contributed by atoms with Crippen LogP contribution in [0.25, 0.3) is 0 Å². The first-order chi connectivity index (χ1) is 10.7. The lowest BCUT2D eigenvalue weighted by atomic mass is 9.90. The highest BCUT2D eigenvalue weighted by atomic mass is 32.1. The van der Waals surface area contributed by atoms with Gasteiger partial charge >= 0.3 is 0 Å². The van der Waals surface area contributed by atoms with Crippen molar-refractivity contribution in [2.75, 3.05) is 13.7 Å². The van der Waals surface area contributed by atoms with Crippen LogP contribution in [0.4, 0.5) is 0 Å². The number of thiophene rings is 1. The molecule has 2 atom stereocenters. The Morgan fingerprint density at radius 1 is 1.36 bits per heavy atom. The maximum atomic E-state index is 12.6. The van der Waals surface area contributed by atoms with Gasteiger partial charge in [0.2, 0.25) is 5.91 Å². The fraction of sp³-hybridized carbons (Fsp3) is 0.389. The molecule has 4 heteroatoms. The second kappa shape index (κ2) is 6.53. The number of amides is 1. The number of rotatable bonds is 4. The molecule has 1 aromatic heterocycles. The zero-order chi connectivity index (χ0) is 15.5. The zero-order valence-corrected chi connectivity index (χ0v) is 13.8. The molecule has 1 aliphatic rings. The maximum absolute atomic E-state index is 12.6. The van der Waals surface area contributed by atoms with Gasteiger partial charge in [-0.3, -0.25) is 4.79 Å². The number of hydrogen-bond acceptors (Lipinski definition) is 3. The number of ether oxygens (including phenoxy) is 1. The Bertz CT molecular complexity index is 638. The molecule has 0 saturated heterocycles. The number of hydrogen-bond donors (Lipinski definition) is 0. The van der Waals surface area contributed by atoms with Crippen molar-refractivity contribution >= 4 is 17.2 Å². The molecule has 22 heavy (non-hydrogen) atoms. The van der Waals surface area contributed by atoms with Crippen LogP contribution < -0.4 is 4.74 Å². The quantitative estimate of drug-likeness (QED) is 0.845. The van der Waals surface area contributed by atoms with Crippen molar-refractivity contribution in [1.82, 2.24) is 4.90 Å². The Labute approximate surface area is 135 Å². The van der Waals surface area contributed by atoms with Gasteiger partial charge in [-0.25, -0.2) is 0 Å². The Kier molecular flexibility index (Phi) is 4.48. The Morgan fingerprint density at radius 3 is 2.95 bits per heavy atom. The minimum atomic E-state index is 0.127. The highest BCUT2D eigenvalue weighted by Crippen LogP contribution is 2.36. The molecule has 1 aromatic carbocycles. The molecule has 0 N–H and O–H groups in total. The van der Waals surface area contributed by atoms with Crippen LogP contribution in [0.5, 0.6) is 5.75 Å². The summed E-state index contributed by atoms with van der Waals surface area (Å²) in [5, 5.41) is 2.05. The van der Waals surface area contributed by atoms with Crippen molar-refractivity contribution in [3.63, 3.8) is 0 Å². The van der Waals surface area contributed by atoms with Gasteiger partial charge in [0.25, 0.3) is 0 Å². The van der Waals surface area contributed by atoms with Gasteiger partial charge in [-0.1, -0.05) is 24.3 Å². The molecule has 0 aliphatic carbocycles. The van der Waals surface area contributed by atoms with Crippen molar-refractivity contribution in [2.24, 2.45) is 0 Å². The predicted molar refractivity (Wildman–Crippen MR) is 89.4 cm³/mol. The van der Waals surface area contributed by atoms with Gasteiger partial charge in [-0.05, 0) is 42.3 Å². The summed E-state index contributed by atoms with van der Waals surface area (Å²) in [6.07, 6.45) is 1.45. The highest BCUT2D eigenvalue weighted by molar-refractivity contribution is 7.10. The first kappa shape index (κ1) is 15.1. The van der Waals surface area contributed by atoms with Crippen molar-refractivity contribution < 1.29 is 9.53 Å². The van der Waals surface area contributed by atoms with Crippen LogP contribution >= 0.6 is 11.3 Å². The normalized spacial score (nSPS) is 18.2. The molecule has 1 amide bonds. The fourth-order valence-corrected chi connectivity index (χ4v) is 3.74. The fourth-order valence-electron chi connectivity index (χ4n) is 2.92. The largest absolute Gasteiger partial charge is 0.493 e. The number of fused-ring (bicyclic) bond motifs is 1. The number of nitrogens with zero attached hydrogens (tertiary/aromatic N) is 1. The third kappa shape index (κ3) is 3.02. The summed E-state index contributed by atoms with van der Waals surface area (Å²) in [7, 11) is 1.90. The van der Waals surface area contributed by atoms with Crippen LogP contribution in [0.15, 0.2) is 41.8 Å². The van der Waals surface area contributed by atoms with Gasteiger partial charge in [0, 0.05) is 18.3 Å². The van der Waals surface area contributed by atoms with Crippen LogP contribution in [0.3, 0.4) is 0 Å². The topological polar surface area (TPSA) is 29.5 Å². The molecule has 3 nitrogen and oxygen atoms in total. The standard InChI is InChI=1S/C18H21NO2S/c1-13(17-8-5-11-22-17)19(2)18(20)12-14-9-10-21-16-7-4-3-6-15(14)16/h3-8,11,13-14H,9-10,12H2,1-2H3/t13-,14+/m0/s1. The van der Waals surface area contributed by atoms with Gasteiger partial charge in [0.1, 0.15) is 5.75 Å². The average molecular weight is 315 g/mol. The molecule has 2 heterocycles. The van der Waals surface area contributed by atoms with Crippen molar-refractivity contribution in [3.8, 4) is 5.75 Å². The summed E-state index contributed by atoms with van der Waals surface area (Å²) in [6.45, 7) is 2.78. The number of benzene rings is 1. The maximum Gasteiger partial charge on any atom is 0.223 e. The molecule has 0 spiro atoms. The van der Waals surface area contributed by atoms with E-state index in [0.29, 0.717) is 13.0 Å². The van der Waals surface area contributed by atoms with E-state index in [2.05, 4.69) is 24.4 Å². The molecule has 2 aromatic rings. The van der Waals surface area contributed by atoms with Gasteiger partial charge in [-0.2, -0.15) is 0 Å². The van der Waals surface area contributed by atoms with Crippen LogP contribution in [-0.4, -0.2) is 24.5 Å². The third-order valence-corrected chi connectivity index (χ3v) is 5.48. The van der Waals surface area contributed by atoms with Crippen molar-refractivity contribution in [2.45, 2.75) is 31.7 Å². The van der Waals surface area contributed by atoms with E-state index >= 15 is 0 Å². The van der Waals surface area contributed by atoms with Gasteiger partial charge < -0.3 is 9.64 Å². The minimum absolute atomic E-state index is 0.127. The molecule has 0 fully saturated rings. The second-order valence-corrected chi connectivity index (χ2v) is 6.75. The summed E-state index contributed by atoms with van der Waals surface area (Å²) < 4.78 is 5.68. The monoisotopic (exact) mass is 315 g/mol. The molecule has 0 radical (unpaired) electrons. The van der Waals surface area contributed by atoms with Crippen LogP contribution in [-0.2, 0) is 4.79 Å². The SMILES string of the molecule is C[C@@H](c1cccs1)N(C)C(=O)C[C@H]1CCOc2ccccc21. The zero-order valence-electron chi connectivity index (χ0n) is 13.0. The van der Waals surface area contributed by atoms with E-state index in [0.717, 1.165) is 12.2 Å². The van der Waals surface area contributed by atoms with E-state index in [1.54, 1.807) is 11.3 Å². The number of para-hydroxylation sites is 1. The molecule has 3 rings (SSSR count). The van der Waals surface area contributed by atoms with E-state index in [9.17, 15) is 4.79 Å². The summed E-state index contributed by atoms with van der Waals surface area (Å²) in [6, 6.07) is 12.3. The summed E-state index contributed by atoms with van der Waals surface area (Å²) in [5.74, 6) is 1.39. The van der Waals surface area contributed by atoms with Gasteiger partial charge in [0.15, 0.2) is 0 Å². The minimum Gasteiger partial charge on any atom is -0.493 e. The summed E-state index contributed by atoms with van der Waals surface area (Å²) in [5.41, 5.74) is 1.17.